The molecule has 0 saturated carbocycles. The van der Waals surface area contributed by atoms with Crippen LogP contribution >= 0.6 is 0 Å². The van der Waals surface area contributed by atoms with Gasteiger partial charge in [0.2, 0.25) is 5.91 Å². The average molecular weight is 362 g/mol. The van der Waals surface area contributed by atoms with Gasteiger partial charge in [0.05, 0.1) is 19.3 Å². The van der Waals surface area contributed by atoms with Gasteiger partial charge in [-0.25, -0.2) is 0 Å². The van der Waals surface area contributed by atoms with Crippen LogP contribution in [0.3, 0.4) is 0 Å². The minimum Gasteiger partial charge on any atom is -0.496 e. The number of hydrogen-bond acceptors (Lipinski definition) is 3. The third-order valence-electron chi connectivity index (χ3n) is 4.25. The quantitative estimate of drug-likeness (QED) is 0.750. The first-order valence-electron chi connectivity index (χ1n) is 8.68. The molecule has 3 aromatic rings. The highest BCUT2D eigenvalue weighted by Crippen LogP contribution is 2.31. The Morgan fingerprint density at radius 1 is 1.11 bits per heavy atom. The van der Waals surface area contributed by atoms with E-state index in [0.717, 1.165) is 22.4 Å². The lowest BCUT2D eigenvalue weighted by Crippen LogP contribution is -2.20. The van der Waals surface area contributed by atoms with Crippen molar-refractivity contribution in [3.8, 4) is 16.9 Å². The molecule has 0 aliphatic heterocycles. The Morgan fingerprint density at radius 2 is 1.93 bits per heavy atom. The van der Waals surface area contributed by atoms with Gasteiger partial charge in [0.15, 0.2) is 0 Å². The van der Waals surface area contributed by atoms with Crippen LogP contribution in [-0.2, 0) is 11.3 Å². The number of methoxy groups -OCH3 is 1. The summed E-state index contributed by atoms with van der Waals surface area (Å²) in [6.07, 6.45) is 1.65. The highest BCUT2D eigenvalue weighted by Gasteiger charge is 2.09. The molecule has 5 heteroatoms. The van der Waals surface area contributed by atoms with Crippen LogP contribution in [0.1, 0.15) is 18.1 Å². The number of ether oxygens (including phenoxy) is 1. The van der Waals surface area contributed by atoms with Gasteiger partial charge in [0, 0.05) is 24.8 Å². The molecule has 0 spiro atoms. The number of carbonyl (C=O) groups excluding carboxylic acids is 1. The van der Waals surface area contributed by atoms with E-state index in [1.54, 1.807) is 23.9 Å². The molecular formula is C22H22N2O3. The second-order valence-corrected chi connectivity index (χ2v) is 6.47. The smallest absolute Gasteiger partial charge is 0.250 e. The Kier molecular flexibility index (Phi) is 5.41. The molecule has 0 unspecified atom stereocenters. The fourth-order valence-electron chi connectivity index (χ4n) is 3.02. The zero-order chi connectivity index (χ0) is 19.4. The van der Waals surface area contributed by atoms with E-state index >= 15 is 0 Å². The predicted octanol–water partition coefficient (Wildman–Crippen LogP) is 3.84. The zero-order valence-corrected chi connectivity index (χ0v) is 15.7. The van der Waals surface area contributed by atoms with E-state index < -0.39 is 0 Å². The van der Waals surface area contributed by atoms with Gasteiger partial charge >= 0.3 is 0 Å². The number of pyridine rings is 1. The van der Waals surface area contributed by atoms with Gasteiger partial charge in [0.1, 0.15) is 5.75 Å². The second-order valence-electron chi connectivity index (χ2n) is 6.47. The fourth-order valence-corrected chi connectivity index (χ4v) is 3.02. The molecule has 138 valence electrons. The first-order valence-corrected chi connectivity index (χ1v) is 8.68. The van der Waals surface area contributed by atoms with Gasteiger partial charge in [0.25, 0.3) is 5.56 Å². The molecule has 0 fully saturated rings. The van der Waals surface area contributed by atoms with E-state index in [0.29, 0.717) is 12.2 Å². The van der Waals surface area contributed by atoms with Crippen molar-refractivity contribution in [1.29, 1.82) is 0 Å². The van der Waals surface area contributed by atoms with Crippen LogP contribution in [0.2, 0.25) is 0 Å². The number of benzene rings is 2. The molecule has 0 aliphatic rings. The summed E-state index contributed by atoms with van der Waals surface area (Å²) in [6, 6.07) is 17.1. The summed E-state index contributed by atoms with van der Waals surface area (Å²) in [4.78, 5) is 23.5. The third-order valence-corrected chi connectivity index (χ3v) is 4.25. The van der Waals surface area contributed by atoms with Gasteiger partial charge in [-0.2, -0.15) is 0 Å². The molecule has 1 aromatic heterocycles. The Labute approximate surface area is 158 Å². The molecular weight excluding hydrogens is 340 g/mol. The Hall–Kier alpha value is -3.34. The van der Waals surface area contributed by atoms with Crippen molar-refractivity contribution in [2.75, 3.05) is 12.4 Å². The molecule has 0 bridgehead atoms. The first-order chi connectivity index (χ1) is 13.0. The molecule has 0 aliphatic carbocycles. The summed E-state index contributed by atoms with van der Waals surface area (Å²) in [5, 5.41) is 2.70. The lowest BCUT2D eigenvalue weighted by molar-refractivity contribution is -0.114. The van der Waals surface area contributed by atoms with Crippen molar-refractivity contribution in [2.45, 2.75) is 20.4 Å². The number of rotatable bonds is 5. The number of aryl methyl sites for hydroxylation is 1. The predicted molar refractivity (Wildman–Crippen MR) is 107 cm³/mol. The molecule has 1 heterocycles. The topological polar surface area (TPSA) is 60.3 Å². The van der Waals surface area contributed by atoms with E-state index in [4.69, 9.17) is 4.74 Å². The van der Waals surface area contributed by atoms with Crippen molar-refractivity contribution < 1.29 is 9.53 Å². The standard InChI is InChI=1S/C22H22N2O3/c1-15-5-4-6-18(11-15)20-12-17(7-9-21(20)27-3)13-24-14-19(23-16(2)25)8-10-22(24)26/h4-12,14H,13H2,1-3H3,(H,23,25). The molecule has 0 saturated heterocycles. The number of anilines is 1. The third kappa shape index (κ3) is 4.44. The van der Waals surface area contributed by atoms with Crippen LogP contribution in [0.4, 0.5) is 5.69 Å². The molecule has 2 aromatic carbocycles. The van der Waals surface area contributed by atoms with E-state index in [9.17, 15) is 9.59 Å². The van der Waals surface area contributed by atoms with Gasteiger partial charge < -0.3 is 14.6 Å². The number of nitrogens with zero attached hydrogens (tertiary/aromatic N) is 1. The van der Waals surface area contributed by atoms with Crippen molar-refractivity contribution in [2.24, 2.45) is 0 Å². The maximum absolute atomic E-state index is 12.2. The minimum atomic E-state index is -0.175. The lowest BCUT2D eigenvalue weighted by atomic mass is 10.00. The maximum atomic E-state index is 12.2. The van der Waals surface area contributed by atoms with E-state index in [-0.39, 0.29) is 11.5 Å². The molecule has 1 N–H and O–H groups in total. The molecule has 0 radical (unpaired) electrons. The highest BCUT2D eigenvalue weighted by molar-refractivity contribution is 5.88. The molecule has 3 rings (SSSR count). The highest BCUT2D eigenvalue weighted by atomic mass is 16.5. The number of amides is 1. The van der Waals surface area contributed by atoms with Crippen LogP contribution in [0, 0.1) is 6.92 Å². The number of nitrogens with one attached hydrogen (secondary N) is 1. The zero-order valence-electron chi connectivity index (χ0n) is 15.7. The summed E-state index contributed by atoms with van der Waals surface area (Å²) >= 11 is 0. The van der Waals surface area contributed by atoms with Crippen LogP contribution in [0.25, 0.3) is 11.1 Å². The number of aromatic nitrogens is 1. The summed E-state index contributed by atoms with van der Waals surface area (Å²) < 4.78 is 7.09. The van der Waals surface area contributed by atoms with E-state index in [2.05, 4.69) is 11.4 Å². The SMILES string of the molecule is COc1ccc(Cn2cc(NC(C)=O)ccc2=O)cc1-c1cccc(C)c1. The minimum absolute atomic E-state index is 0.128. The largest absolute Gasteiger partial charge is 0.496 e. The van der Waals surface area contributed by atoms with E-state index in [1.165, 1.54) is 18.6 Å². The van der Waals surface area contributed by atoms with Crippen LogP contribution in [0.15, 0.2) is 65.6 Å². The Balaban J connectivity index is 1.98. The number of carbonyl (C=O) groups is 1. The average Bonchev–Trinajstić information content (AvgIpc) is 2.64. The maximum Gasteiger partial charge on any atom is 0.250 e. The monoisotopic (exact) mass is 362 g/mol. The van der Waals surface area contributed by atoms with Gasteiger partial charge in [-0.1, -0.05) is 35.9 Å². The van der Waals surface area contributed by atoms with Crippen molar-refractivity contribution in [1.82, 2.24) is 4.57 Å². The van der Waals surface area contributed by atoms with E-state index in [1.807, 2.05) is 43.3 Å². The fraction of sp³-hybridized carbons (Fsp3) is 0.182. The molecule has 1 amide bonds. The number of hydrogen-bond donors (Lipinski definition) is 1. The van der Waals surface area contributed by atoms with Crippen LogP contribution < -0.4 is 15.6 Å². The van der Waals surface area contributed by atoms with Crippen LogP contribution in [-0.4, -0.2) is 17.6 Å². The summed E-state index contributed by atoms with van der Waals surface area (Å²) in [5.41, 5.74) is 4.64. The Bertz CT molecular complexity index is 1040. The summed E-state index contributed by atoms with van der Waals surface area (Å²) in [5.74, 6) is 0.607. The van der Waals surface area contributed by atoms with Crippen LogP contribution in [0.5, 0.6) is 5.75 Å². The molecule has 5 nitrogen and oxygen atoms in total. The molecule has 27 heavy (non-hydrogen) atoms. The normalized spacial score (nSPS) is 10.5. The Morgan fingerprint density at radius 3 is 2.63 bits per heavy atom. The molecule has 0 atom stereocenters. The second kappa shape index (κ2) is 7.91. The van der Waals surface area contributed by atoms with Crippen molar-refractivity contribution in [3.05, 3.63) is 82.3 Å². The lowest BCUT2D eigenvalue weighted by Gasteiger charge is -2.13. The summed E-state index contributed by atoms with van der Waals surface area (Å²) in [6.45, 7) is 3.88. The summed E-state index contributed by atoms with van der Waals surface area (Å²) in [7, 11) is 1.65. The van der Waals surface area contributed by atoms with Gasteiger partial charge in [-0.15, -0.1) is 0 Å². The van der Waals surface area contributed by atoms with Gasteiger partial charge in [-0.3, -0.25) is 9.59 Å². The van der Waals surface area contributed by atoms with Crippen molar-refractivity contribution in [3.63, 3.8) is 0 Å². The van der Waals surface area contributed by atoms with Gasteiger partial charge in [-0.05, 0) is 36.2 Å². The first kappa shape index (κ1) is 18.5. The van der Waals surface area contributed by atoms with Crippen molar-refractivity contribution >= 4 is 11.6 Å².